The minimum absolute atomic E-state index is 0.0224. The second-order valence-corrected chi connectivity index (χ2v) is 10.2. The number of carbonyl (C=O) groups is 1. The fourth-order valence-corrected chi connectivity index (χ4v) is 5.19. The molecule has 0 aliphatic rings. The maximum Gasteiger partial charge on any atom is 0.257 e. The van der Waals surface area contributed by atoms with E-state index in [4.69, 9.17) is 11.6 Å². The largest absolute Gasteiger partial charge is 0.322 e. The van der Waals surface area contributed by atoms with Gasteiger partial charge >= 0.3 is 0 Å². The lowest BCUT2D eigenvalue weighted by atomic mass is 10.1. The molecule has 0 aliphatic carbocycles. The second kappa shape index (κ2) is 8.43. The van der Waals surface area contributed by atoms with Crippen LogP contribution in [0, 0.1) is 0 Å². The predicted octanol–water partition coefficient (Wildman–Crippen LogP) is 4.66. The van der Waals surface area contributed by atoms with Crippen molar-refractivity contribution in [3.8, 4) is 11.3 Å². The molecule has 0 saturated carbocycles. The molecule has 10 heteroatoms. The molecule has 2 aromatic heterocycles. The number of fused-ring (bicyclic) bond motifs is 1. The Hall–Kier alpha value is -2.72. The third kappa shape index (κ3) is 4.64. The summed E-state index contributed by atoms with van der Waals surface area (Å²) in [5.74, 6) is -0.498. The summed E-state index contributed by atoms with van der Waals surface area (Å²) < 4.78 is 29.3. The Kier molecular flexibility index (Phi) is 5.85. The number of hydrogen-bond acceptors (Lipinski definition) is 5. The van der Waals surface area contributed by atoms with E-state index < -0.39 is 15.9 Å². The molecule has 0 atom stereocenters. The van der Waals surface area contributed by atoms with E-state index in [1.807, 2.05) is 34.3 Å². The SMILES string of the molecule is CC(C)NS(=O)(=O)c1ccc(Cl)c(C(=O)Nc2ccc(-c3cn4ccsc4n3)cc2)c1. The van der Waals surface area contributed by atoms with E-state index in [-0.39, 0.29) is 21.5 Å². The Balaban J connectivity index is 1.54. The number of amides is 1. The highest BCUT2D eigenvalue weighted by atomic mass is 35.5. The first kappa shape index (κ1) is 21.5. The number of nitrogens with one attached hydrogen (secondary N) is 2. The number of rotatable bonds is 6. The molecule has 0 spiro atoms. The van der Waals surface area contributed by atoms with Crippen molar-refractivity contribution in [2.45, 2.75) is 24.8 Å². The third-order valence-electron chi connectivity index (χ3n) is 4.42. The summed E-state index contributed by atoms with van der Waals surface area (Å²) >= 11 is 7.71. The molecule has 2 N–H and O–H groups in total. The van der Waals surface area contributed by atoms with Gasteiger partial charge in [-0.05, 0) is 44.2 Å². The summed E-state index contributed by atoms with van der Waals surface area (Å²) in [5, 5.41) is 4.89. The second-order valence-electron chi connectivity index (χ2n) is 7.17. The predicted molar refractivity (Wildman–Crippen MR) is 123 cm³/mol. The van der Waals surface area contributed by atoms with Gasteiger partial charge in [-0.3, -0.25) is 9.20 Å². The Bertz CT molecular complexity index is 1330. The number of nitrogens with zero attached hydrogens (tertiary/aromatic N) is 2. The van der Waals surface area contributed by atoms with Crippen LogP contribution in [0.2, 0.25) is 5.02 Å². The number of imidazole rings is 1. The summed E-state index contributed by atoms with van der Waals surface area (Å²) in [6, 6.07) is 11.0. The van der Waals surface area contributed by atoms with E-state index in [2.05, 4.69) is 15.0 Å². The van der Waals surface area contributed by atoms with Crippen LogP contribution in [0.3, 0.4) is 0 Å². The highest BCUT2D eigenvalue weighted by Gasteiger charge is 2.19. The van der Waals surface area contributed by atoms with Gasteiger partial charge in [-0.1, -0.05) is 23.7 Å². The van der Waals surface area contributed by atoms with Crippen molar-refractivity contribution in [1.29, 1.82) is 0 Å². The molecule has 1 amide bonds. The van der Waals surface area contributed by atoms with Crippen LogP contribution in [0.4, 0.5) is 5.69 Å². The maximum absolute atomic E-state index is 12.7. The van der Waals surface area contributed by atoms with Gasteiger partial charge in [0.15, 0.2) is 4.96 Å². The molecule has 160 valence electrons. The maximum atomic E-state index is 12.7. The average molecular weight is 475 g/mol. The van der Waals surface area contributed by atoms with Crippen LogP contribution in [0.1, 0.15) is 24.2 Å². The van der Waals surface area contributed by atoms with Crippen molar-refractivity contribution in [2.24, 2.45) is 0 Å². The lowest BCUT2D eigenvalue weighted by Gasteiger charge is -2.12. The van der Waals surface area contributed by atoms with E-state index in [0.29, 0.717) is 5.69 Å². The summed E-state index contributed by atoms with van der Waals surface area (Å²) in [6.07, 6.45) is 3.89. The van der Waals surface area contributed by atoms with E-state index in [1.165, 1.54) is 18.2 Å². The molecule has 0 aliphatic heterocycles. The van der Waals surface area contributed by atoms with Crippen LogP contribution in [0.5, 0.6) is 0 Å². The molecule has 2 aromatic carbocycles. The fraction of sp³-hybridized carbons (Fsp3) is 0.143. The summed E-state index contributed by atoms with van der Waals surface area (Å²) in [7, 11) is -3.74. The molecule has 7 nitrogen and oxygen atoms in total. The van der Waals surface area contributed by atoms with Gasteiger partial charge in [0.2, 0.25) is 10.0 Å². The lowest BCUT2D eigenvalue weighted by molar-refractivity contribution is 0.102. The quantitative estimate of drug-likeness (QED) is 0.425. The van der Waals surface area contributed by atoms with E-state index in [0.717, 1.165) is 16.2 Å². The number of aromatic nitrogens is 2. The number of thiazole rings is 1. The van der Waals surface area contributed by atoms with Gasteiger partial charge in [-0.2, -0.15) is 0 Å². The molecule has 0 fully saturated rings. The highest BCUT2D eigenvalue weighted by molar-refractivity contribution is 7.89. The molecule has 0 radical (unpaired) electrons. The van der Waals surface area contributed by atoms with E-state index in [1.54, 1.807) is 37.3 Å². The van der Waals surface area contributed by atoms with Crippen molar-refractivity contribution in [1.82, 2.24) is 14.1 Å². The van der Waals surface area contributed by atoms with Crippen molar-refractivity contribution in [3.05, 3.63) is 70.8 Å². The zero-order valence-electron chi connectivity index (χ0n) is 16.7. The smallest absolute Gasteiger partial charge is 0.257 e. The molecule has 0 bridgehead atoms. The van der Waals surface area contributed by atoms with Crippen molar-refractivity contribution in [2.75, 3.05) is 5.32 Å². The Morgan fingerprint density at radius 1 is 1.16 bits per heavy atom. The zero-order chi connectivity index (χ0) is 22.2. The molecular weight excluding hydrogens is 456 g/mol. The number of sulfonamides is 1. The van der Waals surface area contributed by atoms with Crippen molar-refractivity contribution in [3.63, 3.8) is 0 Å². The van der Waals surface area contributed by atoms with Gasteiger partial charge in [0.1, 0.15) is 0 Å². The van der Waals surface area contributed by atoms with Crippen LogP contribution in [-0.4, -0.2) is 29.8 Å². The number of hydrogen-bond donors (Lipinski definition) is 2. The first-order valence-corrected chi connectivity index (χ1v) is 12.1. The standard InChI is InChI=1S/C21H19ClN4O3S2/c1-13(2)25-31(28,29)16-7-8-18(22)17(11-16)20(27)23-15-5-3-14(4-6-15)19-12-26-9-10-30-21(26)24-19/h3-13,25H,1-2H3,(H,23,27). The van der Waals surface area contributed by atoms with Crippen LogP contribution in [0.25, 0.3) is 16.2 Å². The summed E-state index contributed by atoms with van der Waals surface area (Å²) in [6.45, 7) is 3.44. The molecular formula is C21H19ClN4O3S2. The van der Waals surface area contributed by atoms with Crippen LogP contribution >= 0.6 is 22.9 Å². The van der Waals surface area contributed by atoms with E-state index >= 15 is 0 Å². The molecule has 0 unspecified atom stereocenters. The Labute approximate surface area is 188 Å². The Morgan fingerprint density at radius 2 is 1.90 bits per heavy atom. The van der Waals surface area contributed by atoms with Gasteiger partial charge in [0, 0.05) is 35.1 Å². The molecule has 0 saturated heterocycles. The molecule has 4 rings (SSSR count). The minimum atomic E-state index is -3.74. The monoisotopic (exact) mass is 474 g/mol. The van der Waals surface area contributed by atoms with Gasteiger partial charge in [-0.15, -0.1) is 11.3 Å². The normalized spacial score (nSPS) is 11.9. The molecule has 2 heterocycles. The molecule has 4 aromatic rings. The van der Waals surface area contributed by atoms with Gasteiger partial charge in [-0.25, -0.2) is 18.1 Å². The Morgan fingerprint density at radius 3 is 2.58 bits per heavy atom. The molecule has 31 heavy (non-hydrogen) atoms. The summed E-state index contributed by atoms with van der Waals surface area (Å²) in [5.41, 5.74) is 2.38. The number of benzene rings is 2. The van der Waals surface area contributed by atoms with Crippen molar-refractivity contribution >= 4 is 49.5 Å². The topological polar surface area (TPSA) is 92.6 Å². The lowest BCUT2D eigenvalue weighted by Crippen LogP contribution is -2.30. The fourth-order valence-electron chi connectivity index (χ4n) is 3.01. The number of carbonyl (C=O) groups excluding carboxylic acids is 1. The number of halogens is 1. The van der Waals surface area contributed by atoms with Gasteiger partial charge < -0.3 is 5.32 Å². The average Bonchev–Trinajstić information content (AvgIpc) is 3.30. The van der Waals surface area contributed by atoms with Gasteiger partial charge in [0.25, 0.3) is 5.91 Å². The first-order chi connectivity index (χ1) is 14.7. The van der Waals surface area contributed by atoms with Crippen molar-refractivity contribution < 1.29 is 13.2 Å². The van der Waals surface area contributed by atoms with Crippen LogP contribution < -0.4 is 10.0 Å². The number of anilines is 1. The van der Waals surface area contributed by atoms with Crippen LogP contribution in [-0.2, 0) is 10.0 Å². The third-order valence-corrected chi connectivity index (χ3v) is 7.17. The highest BCUT2D eigenvalue weighted by Crippen LogP contribution is 2.25. The zero-order valence-corrected chi connectivity index (χ0v) is 19.1. The van der Waals surface area contributed by atoms with Gasteiger partial charge in [0.05, 0.1) is 21.2 Å². The summed E-state index contributed by atoms with van der Waals surface area (Å²) in [4.78, 5) is 18.2. The first-order valence-electron chi connectivity index (χ1n) is 9.39. The minimum Gasteiger partial charge on any atom is -0.322 e. The van der Waals surface area contributed by atoms with E-state index in [9.17, 15) is 13.2 Å². The van der Waals surface area contributed by atoms with Crippen LogP contribution in [0.15, 0.2) is 65.1 Å².